The average Bonchev–Trinajstić information content (AvgIpc) is 2.47. The Hall–Kier alpha value is -1.35. The predicted octanol–water partition coefficient (Wildman–Crippen LogP) is 2.44. The molecule has 0 spiro atoms. The zero-order valence-corrected chi connectivity index (χ0v) is 12.9. The summed E-state index contributed by atoms with van der Waals surface area (Å²) in [6, 6.07) is 9.55. The standard InChI is InChI=1S/C18H26N2O/c1-13-10-17(8-9-19-13)20-18(21)12-14-6-7-15-4-2-3-5-16(15)11-14/h2-5,13-14,17,19H,6-12H2,1H3,(H,20,21). The van der Waals surface area contributed by atoms with Gasteiger partial charge in [0, 0.05) is 18.5 Å². The van der Waals surface area contributed by atoms with Gasteiger partial charge in [-0.25, -0.2) is 0 Å². The van der Waals surface area contributed by atoms with Crippen molar-refractivity contribution in [3.05, 3.63) is 35.4 Å². The van der Waals surface area contributed by atoms with Crippen LogP contribution >= 0.6 is 0 Å². The monoisotopic (exact) mass is 286 g/mol. The summed E-state index contributed by atoms with van der Waals surface area (Å²) >= 11 is 0. The SMILES string of the molecule is CC1CC(NC(=O)CC2CCc3ccccc3C2)CCN1. The minimum absolute atomic E-state index is 0.249. The van der Waals surface area contributed by atoms with Crippen LogP contribution in [0, 0.1) is 5.92 Å². The van der Waals surface area contributed by atoms with Crippen LogP contribution in [0.15, 0.2) is 24.3 Å². The van der Waals surface area contributed by atoms with Gasteiger partial charge in [-0.3, -0.25) is 4.79 Å². The molecule has 3 atom stereocenters. The van der Waals surface area contributed by atoms with Crippen LogP contribution in [0.2, 0.25) is 0 Å². The molecule has 0 saturated carbocycles. The Morgan fingerprint density at radius 1 is 1.29 bits per heavy atom. The Morgan fingerprint density at radius 3 is 2.90 bits per heavy atom. The van der Waals surface area contributed by atoms with Crippen molar-refractivity contribution in [1.29, 1.82) is 0 Å². The number of nitrogens with one attached hydrogen (secondary N) is 2. The zero-order valence-electron chi connectivity index (χ0n) is 12.9. The first-order valence-electron chi connectivity index (χ1n) is 8.30. The van der Waals surface area contributed by atoms with Crippen LogP contribution in [-0.4, -0.2) is 24.5 Å². The number of rotatable bonds is 3. The highest BCUT2D eigenvalue weighted by Crippen LogP contribution is 2.27. The molecule has 2 N–H and O–H groups in total. The summed E-state index contributed by atoms with van der Waals surface area (Å²) in [7, 11) is 0. The topological polar surface area (TPSA) is 41.1 Å². The van der Waals surface area contributed by atoms with Crippen LogP contribution in [0.25, 0.3) is 0 Å². The molecule has 21 heavy (non-hydrogen) atoms. The number of carbonyl (C=O) groups is 1. The Balaban J connectivity index is 1.49. The number of amides is 1. The smallest absolute Gasteiger partial charge is 0.220 e. The molecule has 3 heteroatoms. The largest absolute Gasteiger partial charge is 0.353 e. The normalized spacial score (nSPS) is 28.7. The van der Waals surface area contributed by atoms with Gasteiger partial charge in [0.15, 0.2) is 0 Å². The fraction of sp³-hybridized carbons (Fsp3) is 0.611. The first kappa shape index (κ1) is 14.6. The van der Waals surface area contributed by atoms with Crippen molar-refractivity contribution < 1.29 is 4.79 Å². The van der Waals surface area contributed by atoms with E-state index in [-0.39, 0.29) is 5.91 Å². The van der Waals surface area contributed by atoms with Crippen LogP contribution in [-0.2, 0) is 17.6 Å². The lowest BCUT2D eigenvalue weighted by molar-refractivity contribution is -0.123. The van der Waals surface area contributed by atoms with Crippen molar-refractivity contribution in [3.8, 4) is 0 Å². The Bertz CT molecular complexity index is 500. The average molecular weight is 286 g/mol. The molecule has 1 heterocycles. The molecule has 0 bridgehead atoms. The van der Waals surface area contributed by atoms with Crippen molar-refractivity contribution in [3.63, 3.8) is 0 Å². The number of fused-ring (bicyclic) bond motifs is 1. The Labute approximate surface area is 127 Å². The van der Waals surface area contributed by atoms with E-state index in [2.05, 4.69) is 41.8 Å². The maximum absolute atomic E-state index is 12.3. The molecule has 3 nitrogen and oxygen atoms in total. The molecule has 0 radical (unpaired) electrons. The van der Waals surface area contributed by atoms with Crippen LogP contribution in [0.1, 0.15) is 43.7 Å². The molecule has 0 aromatic heterocycles. The van der Waals surface area contributed by atoms with Crippen molar-refractivity contribution in [2.24, 2.45) is 5.92 Å². The quantitative estimate of drug-likeness (QED) is 0.896. The summed E-state index contributed by atoms with van der Waals surface area (Å²) in [6.45, 7) is 3.21. The zero-order chi connectivity index (χ0) is 14.7. The van der Waals surface area contributed by atoms with Gasteiger partial charge in [0.1, 0.15) is 0 Å². The fourth-order valence-corrected chi connectivity index (χ4v) is 3.76. The van der Waals surface area contributed by atoms with E-state index in [0.29, 0.717) is 24.4 Å². The lowest BCUT2D eigenvalue weighted by Gasteiger charge is -2.30. The van der Waals surface area contributed by atoms with Crippen LogP contribution in [0.5, 0.6) is 0 Å². The van der Waals surface area contributed by atoms with Crippen molar-refractivity contribution >= 4 is 5.91 Å². The van der Waals surface area contributed by atoms with E-state index in [0.717, 1.165) is 38.6 Å². The molecule has 1 fully saturated rings. The van der Waals surface area contributed by atoms with Crippen LogP contribution < -0.4 is 10.6 Å². The third-order valence-corrected chi connectivity index (χ3v) is 4.91. The van der Waals surface area contributed by atoms with E-state index >= 15 is 0 Å². The first-order valence-corrected chi connectivity index (χ1v) is 8.30. The number of aryl methyl sites for hydroxylation is 1. The lowest BCUT2D eigenvalue weighted by Crippen LogP contribution is -2.47. The van der Waals surface area contributed by atoms with Crippen molar-refractivity contribution in [2.45, 2.75) is 57.5 Å². The van der Waals surface area contributed by atoms with E-state index in [4.69, 9.17) is 0 Å². The molecule has 3 rings (SSSR count). The molecular weight excluding hydrogens is 260 g/mol. The highest BCUT2D eigenvalue weighted by molar-refractivity contribution is 5.76. The maximum Gasteiger partial charge on any atom is 0.220 e. The fourth-order valence-electron chi connectivity index (χ4n) is 3.76. The van der Waals surface area contributed by atoms with Gasteiger partial charge in [-0.2, -0.15) is 0 Å². The third-order valence-electron chi connectivity index (χ3n) is 4.91. The highest BCUT2D eigenvalue weighted by atomic mass is 16.1. The number of piperidine rings is 1. The van der Waals surface area contributed by atoms with Gasteiger partial charge in [-0.1, -0.05) is 24.3 Å². The highest BCUT2D eigenvalue weighted by Gasteiger charge is 2.23. The second kappa shape index (κ2) is 6.61. The third kappa shape index (κ3) is 3.85. The number of hydrogen-bond donors (Lipinski definition) is 2. The second-order valence-corrected chi connectivity index (χ2v) is 6.73. The molecule has 1 saturated heterocycles. The van der Waals surface area contributed by atoms with E-state index in [9.17, 15) is 4.79 Å². The summed E-state index contributed by atoms with van der Waals surface area (Å²) in [6.07, 6.45) is 6.13. The number of carbonyl (C=O) groups excluding carboxylic acids is 1. The molecule has 1 aromatic carbocycles. The van der Waals surface area contributed by atoms with Crippen molar-refractivity contribution in [1.82, 2.24) is 10.6 Å². The number of benzene rings is 1. The lowest BCUT2D eigenvalue weighted by atomic mass is 9.82. The van der Waals surface area contributed by atoms with Gasteiger partial charge in [0.25, 0.3) is 0 Å². The van der Waals surface area contributed by atoms with E-state index < -0.39 is 0 Å². The van der Waals surface area contributed by atoms with Gasteiger partial charge >= 0.3 is 0 Å². The van der Waals surface area contributed by atoms with Crippen LogP contribution in [0.3, 0.4) is 0 Å². The summed E-state index contributed by atoms with van der Waals surface area (Å²) in [4.78, 5) is 12.3. The van der Waals surface area contributed by atoms with E-state index in [1.54, 1.807) is 0 Å². The van der Waals surface area contributed by atoms with Gasteiger partial charge in [-0.05, 0) is 62.6 Å². The molecule has 1 aliphatic carbocycles. The van der Waals surface area contributed by atoms with Crippen molar-refractivity contribution in [2.75, 3.05) is 6.54 Å². The summed E-state index contributed by atoms with van der Waals surface area (Å²) in [5.41, 5.74) is 2.92. The molecule has 3 unspecified atom stereocenters. The van der Waals surface area contributed by atoms with E-state index in [1.165, 1.54) is 11.1 Å². The summed E-state index contributed by atoms with van der Waals surface area (Å²) < 4.78 is 0. The minimum atomic E-state index is 0.249. The van der Waals surface area contributed by atoms with Gasteiger partial charge in [0.05, 0.1) is 0 Å². The molecule has 2 aliphatic rings. The first-order chi connectivity index (χ1) is 10.2. The van der Waals surface area contributed by atoms with Gasteiger partial charge < -0.3 is 10.6 Å². The Morgan fingerprint density at radius 2 is 2.10 bits per heavy atom. The molecular formula is C18H26N2O. The van der Waals surface area contributed by atoms with Crippen LogP contribution in [0.4, 0.5) is 0 Å². The number of hydrogen-bond acceptors (Lipinski definition) is 2. The Kier molecular flexibility index (Phi) is 4.59. The van der Waals surface area contributed by atoms with Gasteiger partial charge in [0.2, 0.25) is 5.91 Å². The van der Waals surface area contributed by atoms with Gasteiger partial charge in [-0.15, -0.1) is 0 Å². The molecule has 1 amide bonds. The molecule has 1 aliphatic heterocycles. The summed E-state index contributed by atoms with van der Waals surface area (Å²) in [5.74, 6) is 0.762. The predicted molar refractivity (Wildman–Crippen MR) is 85.2 cm³/mol. The maximum atomic E-state index is 12.3. The molecule has 114 valence electrons. The molecule has 1 aromatic rings. The van der Waals surface area contributed by atoms with E-state index in [1.807, 2.05) is 0 Å². The minimum Gasteiger partial charge on any atom is -0.353 e. The second-order valence-electron chi connectivity index (χ2n) is 6.73. The summed E-state index contributed by atoms with van der Waals surface area (Å²) in [5, 5.41) is 6.67.